The molecule has 0 aromatic carbocycles. The molecule has 0 aromatic heterocycles. The highest BCUT2D eigenvalue weighted by Gasteiger charge is 2.20. The van der Waals surface area contributed by atoms with Crippen molar-refractivity contribution in [1.82, 2.24) is 5.32 Å². The minimum Gasteiger partial charge on any atom is -0.466 e. The predicted octanol–water partition coefficient (Wildman–Crippen LogP) is 1.28. The number of alkyl halides is 1. The smallest absolute Gasteiger partial charge is 0.306 e. The van der Waals surface area contributed by atoms with E-state index < -0.39 is 6.17 Å². The summed E-state index contributed by atoms with van der Waals surface area (Å²) in [6, 6.07) is 0. The summed E-state index contributed by atoms with van der Waals surface area (Å²) in [5.41, 5.74) is 0. The first kappa shape index (κ1) is 11.4. The van der Waals surface area contributed by atoms with Gasteiger partial charge in [0.05, 0.1) is 6.61 Å². The van der Waals surface area contributed by atoms with Gasteiger partial charge in [-0.15, -0.1) is 0 Å². The molecule has 1 heterocycles. The minimum atomic E-state index is -0.762. The van der Waals surface area contributed by atoms with Gasteiger partial charge in [-0.05, 0) is 32.2 Å². The van der Waals surface area contributed by atoms with Crippen molar-refractivity contribution in [3.63, 3.8) is 0 Å². The number of halogens is 1. The van der Waals surface area contributed by atoms with Crippen LogP contribution in [0.2, 0.25) is 0 Å². The third kappa shape index (κ3) is 4.05. The molecule has 3 nitrogen and oxygen atoms in total. The Labute approximate surface area is 84.0 Å². The standard InChI is InChI=1S/C10H18FNO2/c1-2-14-10(13)5-8-3-4-9(11)7-12-6-8/h8-9,12H,2-7H2,1H3. The highest BCUT2D eigenvalue weighted by atomic mass is 19.1. The second-order valence-corrected chi connectivity index (χ2v) is 3.71. The van der Waals surface area contributed by atoms with Crippen molar-refractivity contribution in [2.45, 2.75) is 32.4 Å². The first-order chi connectivity index (χ1) is 6.72. The molecule has 2 unspecified atom stereocenters. The molecule has 0 aromatic rings. The average molecular weight is 203 g/mol. The Hall–Kier alpha value is -0.640. The van der Waals surface area contributed by atoms with E-state index >= 15 is 0 Å². The van der Waals surface area contributed by atoms with Crippen LogP contribution in [-0.4, -0.2) is 31.8 Å². The first-order valence-electron chi connectivity index (χ1n) is 5.22. The molecule has 0 bridgehead atoms. The lowest BCUT2D eigenvalue weighted by Gasteiger charge is -2.12. The Morgan fingerprint density at radius 1 is 1.50 bits per heavy atom. The summed E-state index contributed by atoms with van der Waals surface area (Å²) in [4.78, 5) is 11.2. The number of carbonyl (C=O) groups is 1. The Morgan fingerprint density at radius 3 is 3.00 bits per heavy atom. The summed E-state index contributed by atoms with van der Waals surface area (Å²) in [6.07, 6.45) is 0.972. The highest BCUT2D eigenvalue weighted by molar-refractivity contribution is 5.69. The summed E-state index contributed by atoms with van der Waals surface area (Å²) in [7, 11) is 0. The summed E-state index contributed by atoms with van der Waals surface area (Å²) in [6.45, 7) is 3.35. The van der Waals surface area contributed by atoms with Crippen molar-refractivity contribution in [2.75, 3.05) is 19.7 Å². The van der Waals surface area contributed by atoms with E-state index in [1.54, 1.807) is 6.92 Å². The number of ether oxygens (including phenoxy) is 1. The maximum atomic E-state index is 12.9. The fraction of sp³-hybridized carbons (Fsp3) is 0.900. The number of hydrogen-bond acceptors (Lipinski definition) is 3. The molecule has 0 spiro atoms. The molecule has 4 heteroatoms. The van der Waals surface area contributed by atoms with Crippen LogP contribution >= 0.6 is 0 Å². The van der Waals surface area contributed by atoms with Gasteiger partial charge in [0.2, 0.25) is 0 Å². The van der Waals surface area contributed by atoms with E-state index in [0.29, 0.717) is 26.0 Å². The Kier molecular flexibility index (Phi) is 4.87. The molecular formula is C10H18FNO2. The molecule has 1 saturated heterocycles. The maximum Gasteiger partial charge on any atom is 0.306 e. The van der Waals surface area contributed by atoms with Gasteiger partial charge in [-0.25, -0.2) is 4.39 Å². The van der Waals surface area contributed by atoms with Crippen LogP contribution in [0.1, 0.15) is 26.2 Å². The third-order valence-corrected chi connectivity index (χ3v) is 2.45. The molecule has 2 atom stereocenters. The summed E-state index contributed by atoms with van der Waals surface area (Å²) < 4.78 is 17.8. The van der Waals surface area contributed by atoms with Crippen LogP contribution in [0.5, 0.6) is 0 Å². The number of rotatable bonds is 3. The molecule has 0 saturated carbocycles. The Morgan fingerprint density at radius 2 is 2.29 bits per heavy atom. The van der Waals surface area contributed by atoms with Gasteiger partial charge in [-0.1, -0.05) is 0 Å². The average Bonchev–Trinajstić information content (AvgIpc) is 2.32. The monoisotopic (exact) mass is 203 g/mol. The topological polar surface area (TPSA) is 38.3 Å². The van der Waals surface area contributed by atoms with E-state index in [1.807, 2.05) is 0 Å². The zero-order chi connectivity index (χ0) is 10.4. The van der Waals surface area contributed by atoms with E-state index in [0.717, 1.165) is 13.0 Å². The zero-order valence-electron chi connectivity index (χ0n) is 8.59. The van der Waals surface area contributed by atoms with Gasteiger partial charge in [-0.2, -0.15) is 0 Å². The number of carbonyl (C=O) groups excluding carboxylic acids is 1. The largest absolute Gasteiger partial charge is 0.466 e. The predicted molar refractivity (Wildman–Crippen MR) is 51.7 cm³/mol. The molecule has 0 aliphatic carbocycles. The van der Waals surface area contributed by atoms with Crippen molar-refractivity contribution in [3.8, 4) is 0 Å². The lowest BCUT2D eigenvalue weighted by molar-refractivity contribution is -0.144. The van der Waals surface area contributed by atoms with Crippen LogP contribution in [0.15, 0.2) is 0 Å². The highest BCUT2D eigenvalue weighted by Crippen LogP contribution is 2.17. The van der Waals surface area contributed by atoms with Crippen LogP contribution in [0.3, 0.4) is 0 Å². The first-order valence-corrected chi connectivity index (χ1v) is 5.22. The van der Waals surface area contributed by atoms with Gasteiger partial charge < -0.3 is 10.1 Å². The Bertz CT molecular complexity index is 187. The van der Waals surface area contributed by atoms with Crippen LogP contribution in [0.4, 0.5) is 4.39 Å². The number of esters is 1. The van der Waals surface area contributed by atoms with Crippen molar-refractivity contribution in [3.05, 3.63) is 0 Å². The van der Waals surface area contributed by atoms with Gasteiger partial charge in [0, 0.05) is 13.0 Å². The van der Waals surface area contributed by atoms with Gasteiger partial charge >= 0.3 is 5.97 Å². The summed E-state index contributed by atoms with van der Waals surface area (Å²) >= 11 is 0. The van der Waals surface area contributed by atoms with Gasteiger partial charge in [0.1, 0.15) is 6.17 Å². The molecule has 1 fully saturated rings. The van der Waals surface area contributed by atoms with E-state index in [-0.39, 0.29) is 11.9 Å². The number of nitrogens with one attached hydrogen (secondary N) is 1. The minimum absolute atomic E-state index is 0.170. The van der Waals surface area contributed by atoms with E-state index in [1.165, 1.54) is 0 Å². The van der Waals surface area contributed by atoms with Gasteiger partial charge in [0.25, 0.3) is 0 Å². The number of hydrogen-bond donors (Lipinski definition) is 1. The molecule has 0 amide bonds. The molecule has 0 radical (unpaired) electrons. The maximum absolute atomic E-state index is 12.9. The Balaban J connectivity index is 2.26. The second-order valence-electron chi connectivity index (χ2n) is 3.71. The summed E-state index contributed by atoms with van der Waals surface area (Å²) in [5, 5.41) is 3.01. The molecular weight excluding hydrogens is 185 g/mol. The van der Waals surface area contributed by atoms with E-state index in [2.05, 4.69) is 5.32 Å². The van der Waals surface area contributed by atoms with Crippen molar-refractivity contribution >= 4 is 5.97 Å². The zero-order valence-corrected chi connectivity index (χ0v) is 8.59. The van der Waals surface area contributed by atoms with Crippen molar-refractivity contribution < 1.29 is 13.9 Å². The summed E-state index contributed by atoms with van der Waals surface area (Å²) in [5.74, 6) is 0.0615. The van der Waals surface area contributed by atoms with Gasteiger partial charge in [-0.3, -0.25) is 4.79 Å². The quantitative estimate of drug-likeness (QED) is 0.702. The van der Waals surface area contributed by atoms with Crippen molar-refractivity contribution in [2.24, 2.45) is 5.92 Å². The molecule has 1 rings (SSSR count). The fourth-order valence-corrected chi connectivity index (χ4v) is 1.69. The SMILES string of the molecule is CCOC(=O)CC1CCC(F)CNC1. The van der Waals surface area contributed by atoms with Crippen LogP contribution in [0.25, 0.3) is 0 Å². The molecule has 1 aliphatic rings. The fourth-order valence-electron chi connectivity index (χ4n) is 1.69. The molecule has 14 heavy (non-hydrogen) atoms. The molecule has 1 aliphatic heterocycles. The van der Waals surface area contributed by atoms with E-state index in [4.69, 9.17) is 4.74 Å². The second kappa shape index (κ2) is 5.96. The molecule has 82 valence electrons. The lowest BCUT2D eigenvalue weighted by atomic mass is 10.00. The van der Waals surface area contributed by atoms with E-state index in [9.17, 15) is 9.18 Å². The van der Waals surface area contributed by atoms with Gasteiger partial charge in [0.15, 0.2) is 0 Å². The lowest BCUT2D eigenvalue weighted by Crippen LogP contribution is -2.25. The van der Waals surface area contributed by atoms with Crippen LogP contribution in [-0.2, 0) is 9.53 Å². The van der Waals surface area contributed by atoms with Crippen LogP contribution < -0.4 is 5.32 Å². The molecule has 1 N–H and O–H groups in total. The van der Waals surface area contributed by atoms with Crippen LogP contribution in [0, 0.1) is 5.92 Å². The van der Waals surface area contributed by atoms with Crippen molar-refractivity contribution in [1.29, 1.82) is 0 Å². The normalized spacial score (nSPS) is 28.1. The third-order valence-electron chi connectivity index (χ3n) is 2.45.